The van der Waals surface area contributed by atoms with Gasteiger partial charge in [0.15, 0.2) is 0 Å². The van der Waals surface area contributed by atoms with Crippen LogP contribution in [0.3, 0.4) is 0 Å². The fourth-order valence-electron chi connectivity index (χ4n) is 3.11. The maximum atomic E-state index is 12.6. The molecule has 1 N–H and O–H groups in total. The number of amidine groups is 1. The summed E-state index contributed by atoms with van der Waals surface area (Å²) in [6, 6.07) is 9.89. The number of allylic oxidation sites excluding steroid dienone is 3. The van der Waals surface area contributed by atoms with Crippen molar-refractivity contribution in [3.8, 4) is 0 Å². The molecule has 1 aliphatic carbocycles. The first kappa shape index (κ1) is 17.7. The predicted molar refractivity (Wildman–Crippen MR) is 106 cm³/mol. The second-order valence-corrected chi connectivity index (χ2v) is 6.48. The molecule has 0 radical (unpaired) electrons. The van der Waals surface area contributed by atoms with Gasteiger partial charge in [-0.15, -0.1) is 0 Å². The number of benzene rings is 1. The number of fused-ring (bicyclic) bond motifs is 1. The molecular weight excluding hydrogens is 356 g/mol. The fraction of sp³-hybridized carbons (Fsp3) is 0.143. The summed E-state index contributed by atoms with van der Waals surface area (Å²) >= 11 is 0. The first-order valence-corrected chi connectivity index (χ1v) is 8.84. The van der Waals surface area contributed by atoms with Crippen LogP contribution in [0.15, 0.2) is 81.4 Å². The molecule has 1 aliphatic heterocycles. The fourth-order valence-corrected chi connectivity index (χ4v) is 3.11. The number of aliphatic imine (C=N–C) groups is 2. The topological polar surface area (TPSA) is 87.3 Å². The molecular formula is C21H18N4O3. The van der Waals surface area contributed by atoms with E-state index < -0.39 is 12.1 Å². The number of amides is 4. The van der Waals surface area contributed by atoms with E-state index in [1.807, 2.05) is 37.3 Å². The Kier molecular flexibility index (Phi) is 4.72. The monoisotopic (exact) mass is 374 g/mol. The van der Waals surface area contributed by atoms with E-state index in [9.17, 15) is 9.59 Å². The van der Waals surface area contributed by atoms with Gasteiger partial charge >= 0.3 is 12.1 Å². The molecule has 140 valence electrons. The molecule has 4 rings (SSSR count). The van der Waals surface area contributed by atoms with Crippen LogP contribution in [0.2, 0.25) is 0 Å². The van der Waals surface area contributed by atoms with Gasteiger partial charge in [0.1, 0.15) is 11.6 Å². The number of furan rings is 1. The Morgan fingerprint density at radius 1 is 1.29 bits per heavy atom. The molecule has 0 saturated carbocycles. The Hall–Kier alpha value is -3.74. The van der Waals surface area contributed by atoms with E-state index in [-0.39, 0.29) is 12.5 Å². The first-order chi connectivity index (χ1) is 13.6. The van der Waals surface area contributed by atoms with Gasteiger partial charge in [0, 0.05) is 5.69 Å². The lowest BCUT2D eigenvalue weighted by Gasteiger charge is -2.31. The summed E-state index contributed by atoms with van der Waals surface area (Å²) in [4.78, 5) is 34.9. The number of carbonyl (C=O) groups excluding carboxylic acids is 2. The lowest BCUT2D eigenvalue weighted by Crippen LogP contribution is -2.46. The minimum Gasteiger partial charge on any atom is -0.467 e. The summed E-state index contributed by atoms with van der Waals surface area (Å²) in [6.07, 6.45) is 8.79. The van der Waals surface area contributed by atoms with Crippen molar-refractivity contribution in [2.24, 2.45) is 15.9 Å². The van der Waals surface area contributed by atoms with Crippen LogP contribution in [-0.2, 0) is 6.54 Å². The SMILES string of the molecule is Cc1cccc(NC(=O)/N=C2\C3C=CC=CC3=NC(=O)N2Cc2ccco2)c1. The maximum absolute atomic E-state index is 12.6. The quantitative estimate of drug-likeness (QED) is 0.867. The highest BCUT2D eigenvalue weighted by Gasteiger charge is 2.35. The molecule has 0 saturated heterocycles. The van der Waals surface area contributed by atoms with Gasteiger partial charge in [-0.25, -0.2) is 9.59 Å². The molecule has 7 heteroatoms. The highest BCUT2D eigenvalue weighted by atomic mass is 16.3. The maximum Gasteiger partial charge on any atom is 0.349 e. The van der Waals surface area contributed by atoms with Gasteiger partial charge in [-0.1, -0.05) is 30.4 Å². The molecule has 7 nitrogen and oxygen atoms in total. The van der Waals surface area contributed by atoms with Gasteiger partial charge in [0.2, 0.25) is 0 Å². The van der Waals surface area contributed by atoms with Crippen LogP contribution in [0, 0.1) is 12.8 Å². The van der Waals surface area contributed by atoms with Crippen LogP contribution in [0.1, 0.15) is 11.3 Å². The van der Waals surface area contributed by atoms with Crippen LogP contribution in [0.25, 0.3) is 0 Å². The van der Waals surface area contributed by atoms with E-state index >= 15 is 0 Å². The lowest BCUT2D eigenvalue weighted by molar-refractivity contribution is 0.223. The number of nitrogens with zero attached hydrogens (tertiary/aromatic N) is 3. The summed E-state index contributed by atoms with van der Waals surface area (Å²) < 4.78 is 5.35. The summed E-state index contributed by atoms with van der Waals surface area (Å²) in [5.74, 6) is 0.521. The van der Waals surface area contributed by atoms with E-state index in [0.717, 1.165) is 5.56 Å². The first-order valence-electron chi connectivity index (χ1n) is 8.84. The number of rotatable bonds is 3. The lowest BCUT2D eigenvalue weighted by atomic mass is 9.94. The van der Waals surface area contributed by atoms with Crippen LogP contribution in [-0.4, -0.2) is 28.5 Å². The smallest absolute Gasteiger partial charge is 0.349 e. The van der Waals surface area contributed by atoms with Crippen molar-refractivity contribution in [3.05, 3.63) is 78.3 Å². The molecule has 2 aromatic rings. The third-order valence-electron chi connectivity index (χ3n) is 4.39. The molecule has 28 heavy (non-hydrogen) atoms. The summed E-state index contributed by atoms with van der Waals surface area (Å²) in [5, 5.41) is 2.75. The van der Waals surface area contributed by atoms with Crippen LogP contribution < -0.4 is 5.32 Å². The second-order valence-electron chi connectivity index (χ2n) is 6.48. The van der Waals surface area contributed by atoms with Crippen molar-refractivity contribution < 1.29 is 14.0 Å². The highest BCUT2D eigenvalue weighted by molar-refractivity contribution is 6.24. The second kappa shape index (κ2) is 7.48. The van der Waals surface area contributed by atoms with E-state index in [1.165, 1.54) is 11.2 Å². The molecule has 1 aromatic carbocycles. The number of nitrogens with one attached hydrogen (secondary N) is 1. The molecule has 1 aromatic heterocycles. The van der Waals surface area contributed by atoms with Crippen LogP contribution in [0.5, 0.6) is 0 Å². The van der Waals surface area contributed by atoms with Gasteiger partial charge < -0.3 is 9.73 Å². The molecule has 1 atom stereocenters. The van der Waals surface area contributed by atoms with E-state index in [0.29, 0.717) is 23.0 Å². The predicted octanol–water partition coefficient (Wildman–Crippen LogP) is 4.34. The normalized spacial score (nSPS) is 19.5. The zero-order valence-corrected chi connectivity index (χ0v) is 15.2. The van der Waals surface area contributed by atoms with Crippen molar-refractivity contribution in [1.29, 1.82) is 0 Å². The van der Waals surface area contributed by atoms with Crippen molar-refractivity contribution in [3.63, 3.8) is 0 Å². The van der Waals surface area contributed by atoms with Crippen molar-refractivity contribution in [2.45, 2.75) is 13.5 Å². The number of hydrogen-bond donors (Lipinski definition) is 1. The third-order valence-corrected chi connectivity index (χ3v) is 4.39. The van der Waals surface area contributed by atoms with Crippen molar-refractivity contribution in [1.82, 2.24) is 4.90 Å². The summed E-state index contributed by atoms with van der Waals surface area (Å²) in [5.41, 5.74) is 2.22. The van der Waals surface area contributed by atoms with Crippen LogP contribution >= 0.6 is 0 Å². The Morgan fingerprint density at radius 3 is 2.96 bits per heavy atom. The van der Waals surface area contributed by atoms with E-state index in [2.05, 4.69) is 15.3 Å². The molecule has 0 fully saturated rings. The van der Waals surface area contributed by atoms with E-state index in [4.69, 9.17) is 4.42 Å². The molecule has 4 amide bonds. The Bertz CT molecular complexity index is 1030. The molecule has 0 spiro atoms. The molecule has 1 unspecified atom stereocenters. The van der Waals surface area contributed by atoms with Crippen molar-refractivity contribution in [2.75, 3.05) is 5.32 Å². The average molecular weight is 374 g/mol. The average Bonchev–Trinajstić information content (AvgIpc) is 3.18. The van der Waals surface area contributed by atoms with E-state index in [1.54, 1.807) is 30.4 Å². The Balaban J connectivity index is 1.66. The minimum atomic E-state index is -0.554. The highest BCUT2D eigenvalue weighted by Crippen LogP contribution is 2.23. The summed E-state index contributed by atoms with van der Waals surface area (Å²) in [6.45, 7) is 2.08. The molecule has 2 aliphatic rings. The third kappa shape index (κ3) is 3.68. The zero-order chi connectivity index (χ0) is 19.5. The minimum absolute atomic E-state index is 0.146. The molecule has 0 bridgehead atoms. The summed E-state index contributed by atoms with van der Waals surface area (Å²) in [7, 11) is 0. The number of hydrogen-bond acceptors (Lipinski definition) is 3. The Morgan fingerprint density at radius 2 is 2.18 bits per heavy atom. The largest absolute Gasteiger partial charge is 0.467 e. The number of urea groups is 2. The molecule has 2 heterocycles. The van der Waals surface area contributed by atoms with Crippen LogP contribution in [0.4, 0.5) is 15.3 Å². The Labute approximate surface area is 161 Å². The standard InChI is InChI=1S/C21H18N4O3/c1-14-6-4-7-15(12-14)22-20(26)24-19-17-9-2-3-10-18(17)23-21(27)25(19)13-16-8-5-11-28-16/h2-12,17H,13H2,1H3,(H,22,26)/b24-19+. The zero-order valence-electron chi connectivity index (χ0n) is 15.2. The van der Waals surface area contributed by atoms with Gasteiger partial charge in [-0.2, -0.15) is 9.98 Å². The van der Waals surface area contributed by atoms with Crippen molar-refractivity contribution >= 4 is 29.3 Å². The van der Waals surface area contributed by atoms with Gasteiger partial charge in [0.05, 0.1) is 24.4 Å². The number of aryl methyl sites for hydroxylation is 1. The van der Waals surface area contributed by atoms with Gasteiger partial charge in [-0.3, -0.25) is 4.90 Å². The number of carbonyl (C=O) groups is 2. The number of anilines is 1. The van der Waals surface area contributed by atoms with Gasteiger partial charge in [0.25, 0.3) is 0 Å². The van der Waals surface area contributed by atoms with Gasteiger partial charge in [-0.05, 0) is 42.8 Å².